The highest BCUT2D eigenvalue weighted by Crippen LogP contribution is 2.30. The zero-order chi connectivity index (χ0) is 23.2. The number of aliphatic hydroxyl groups is 1. The number of rotatable bonds is 5. The molecule has 0 unspecified atom stereocenters. The van der Waals surface area contributed by atoms with Crippen molar-refractivity contribution in [3.8, 4) is 11.3 Å². The van der Waals surface area contributed by atoms with Crippen molar-refractivity contribution in [2.24, 2.45) is 0 Å². The van der Waals surface area contributed by atoms with Crippen molar-refractivity contribution < 1.29 is 14.4 Å². The molecular weight excluding hydrogens is 438 g/mol. The van der Waals surface area contributed by atoms with E-state index in [1.807, 2.05) is 44.3 Å². The fourth-order valence-corrected chi connectivity index (χ4v) is 4.59. The second-order valence-corrected chi connectivity index (χ2v) is 9.64. The Balaban J connectivity index is 1.28. The predicted octanol–water partition coefficient (Wildman–Crippen LogP) is 5.43. The third-order valence-electron chi connectivity index (χ3n) is 5.50. The maximum atomic E-state index is 12.3. The average Bonchev–Trinajstić information content (AvgIpc) is 3.49. The number of carbonyl (C=O) groups excluding carboxylic acids is 1. The molecule has 3 heterocycles. The number of carbonyl (C=O) groups is 1. The zero-order valence-corrected chi connectivity index (χ0v) is 19.2. The van der Waals surface area contributed by atoms with Gasteiger partial charge in [0.15, 0.2) is 10.8 Å². The van der Waals surface area contributed by atoms with Gasteiger partial charge in [0.25, 0.3) is 0 Å². The van der Waals surface area contributed by atoms with Crippen LogP contribution in [-0.2, 0) is 5.41 Å². The van der Waals surface area contributed by atoms with Crippen LogP contribution >= 0.6 is 11.3 Å². The van der Waals surface area contributed by atoms with Gasteiger partial charge in [-0.2, -0.15) is 0 Å². The quantitative estimate of drug-likeness (QED) is 0.324. The van der Waals surface area contributed by atoms with Crippen LogP contribution in [0.4, 0.5) is 16.3 Å². The van der Waals surface area contributed by atoms with Crippen molar-refractivity contribution in [1.82, 2.24) is 14.5 Å². The van der Waals surface area contributed by atoms with Gasteiger partial charge in [-0.05, 0) is 36.8 Å². The summed E-state index contributed by atoms with van der Waals surface area (Å²) in [4.78, 5) is 18.0. The smallest absolute Gasteiger partial charge is 0.324 e. The van der Waals surface area contributed by atoms with Gasteiger partial charge >= 0.3 is 6.03 Å². The van der Waals surface area contributed by atoms with Gasteiger partial charge in [-0.25, -0.2) is 9.78 Å². The Kier molecular flexibility index (Phi) is 5.15. The van der Waals surface area contributed by atoms with Crippen LogP contribution < -0.4 is 10.6 Å². The molecule has 0 saturated heterocycles. The number of fused-ring (bicyclic) bond motifs is 3. The molecule has 0 spiro atoms. The molecule has 8 nitrogen and oxygen atoms in total. The number of hydrogen-bond acceptors (Lipinski definition) is 6. The first-order valence-corrected chi connectivity index (χ1v) is 11.3. The summed E-state index contributed by atoms with van der Waals surface area (Å²) in [6, 6.07) is 15.1. The third kappa shape index (κ3) is 4.08. The molecule has 2 aromatic carbocycles. The lowest BCUT2D eigenvalue weighted by molar-refractivity contribution is 0.187. The van der Waals surface area contributed by atoms with E-state index in [2.05, 4.69) is 45.3 Å². The van der Waals surface area contributed by atoms with Crippen LogP contribution in [0.3, 0.4) is 0 Å². The number of benzene rings is 2. The minimum Gasteiger partial charge on any atom is -0.395 e. The summed E-state index contributed by atoms with van der Waals surface area (Å²) in [6.45, 7) is 5.65. The Morgan fingerprint density at radius 3 is 2.70 bits per heavy atom. The summed E-state index contributed by atoms with van der Waals surface area (Å²) in [5, 5.41) is 18.7. The van der Waals surface area contributed by atoms with Crippen LogP contribution in [0.25, 0.3) is 26.4 Å². The Morgan fingerprint density at radius 2 is 1.94 bits per heavy atom. The number of imidazole rings is 1. The first kappa shape index (κ1) is 21.2. The molecule has 168 valence electrons. The van der Waals surface area contributed by atoms with Crippen LogP contribution in [0.15, 0.2) is 59.3 Å². The minimum absolute atomic E-state index is 0.0925. The summed E-state index contributed by atoms with van der Waals surface area (Å²) >= 11 is 1.67. The summed E-state index contributed by atoms with van der Waals surface area (Å²) in [5.74, 6) is 0.772. The van der Waals surface area contributed by atoms with Crippen molar-refractivity contribution in [2.45, 2.75) is 26.2 Å². The molecule has 0 aliphatic rings. The van der Waals surface area contributed by atoms with E-state index < -0.39 is 11.4 Å². The van der Waals surface area contributed by atoms with Crippen LogP contribution in [0, 0.1) is 6.92 Å². The maximum Gasteiger partial charge on any atom is 0.324 e. The summed E-state index contributed by atoms with van der Waals surface area (Å²) < 4.78 is 8.55. The fraction of sp³-hybridized carbons (Fsp3) is 0.208. The maximum absolute atomic E-state index is 12.3. The van der Waals surface area contributed by atoms with Crippen LogP contribution in [0.5, 0.6) is 0 Å². The molecule has 3 N–H and O–H groups in total. The highest BCUT2D eigenvalue weighted by atomic mass is 32.1. The number of hydrogen-bond donors (Lipinski definition) is 3. The molecule has 0 aliphatic heterocycles. The van der Waals surface area contributed by atoms with E-state index in [1.165, 1.54) is 10.3 Å². The topological polar surface area (TPSA) is 105 Å². The van der Waals surface area contributed by atoms with E-state index in [9.17, 15) is 9.90 Å². The molecule has 5 aromatic rings. The Bertz CT molecular complexity index is 1460. The fourth-order valence-electron chi connectivity index (χ4n) is 3.48. The lowest BCUT2D eigenvalue weighted by Crippen LogP contribution is -2.21. The molecule has 33 heavy (non-hydrogen) atoms. The van der Waals surface area contributed by atoms with Crippen molar-refractivity contribution >= 4 is 44.1 Å². The lowest BCUT2D eigenvalue weighted by Gasteiger charge is -2.16. The summed E-state index contributed by atoms with van der Waals surface area (Å²) in [6.07, 6.45) is 2.04. The summed E-state index contributed by atoms with van der Waals surface area (Å²) in [7, 11) is 0. The molecule has 0 aliphatic carbocycles. The molecule has 5 rings (SSSR count). The molecule has 0 atom stereocenters. The Labute approximate surface area is 193 Å². The number of aryl methyl sites for hydroxylation is 1. The normalized spacial score (nSPS) is 11.9. The second-order valence-electron chi connectivity index (χ2n) is 8.63. The molecule has 3 aromatic heterocycles. The number of aliphatic hydroxyl groups excluding tert-OH is 1. The average molecular weight is 462 g/mol. The molecule has 2 amide bonds. The highest BCUT2D eigenvalue weighted by molar-refractivity contribution is 7.23. The predicted molar refractivity (Wildman–Crippen MR) is 130 cm³/mol. The van der Waals surface area contributed by atoms with Crippen LogP contribution in [0.2, 0.25) is 0 Å². The largest absolute Gasteiger partial charge is 0.395 e. The van der Waals surface area contributed by atoms with Crippen LogP contribution in [0.1, 0.15) is 25.2 Å². The van der Waals surface area contributed by atoms with Gasteiger partial charge in [-0.3, -0.25) is 9.72 Å². The van der Waals surface area contributed by atoms with Gasteiger partial charge in [0, 0.05) is 28.9 Å². The van der Waals surface area contributed by atoms with Gasteiger partial charge < -0.3 is 14.9 Å². The first-order chi connectivity index (χ1) is 15.8. The van der Waals surface area contributed by atoms with E-state index in [4.69, 9.17) is 9.51 Å². The van der Waals surface area contributed by atoms with Gasteiger partial charge in [-0.15, -0.1) is 0 Å². The zero-order valence-electron chi connectivity index (χ0n) is 18.4. The first-order valence-electron chi connectivity index (χ1n) is 10.5. The van der Waals surface area contributed by atoms with Crippen LogP contribution in [-0.4, -0.2) is 32.3 Å². The van der Waals surface area contributed by atoms with Gasteiger partial charge in [0.05, 0.1) is 22.5 Å². The van der Waals surface area contributed by atoms with Crippen molar-refractivity contribution in [3.63, 3.8) is 0 Å². The molecule has 0 saturated carbocycles. The van der Waals surface area contributed by atoms with Gasteiger partial charge in [0.2, 0.25) is 0 Å². The molecule has 9 heteroatoms. The number of urea groups is 1. The lowest BCUT2D eigenvalue weighted by atomic mass is 9.92. The standard InChI is InChI=1S/C24H23N5O3S/c1-14-4-9-18-19(10-14)33-23-26-17(12-29(18)23)15-5-7-16(8-6-15)25-22(31)27-21-11-20(32-28-21)24(2,3)13-30/h4-12,30H,13H2,1-3H3,(H2,25,27,28,31). The van der Waals surface area contributed by atoms with Crippen molar-refractivity contribution in [1.29, 1.82) is 0 Å². The number of thiazole rings is 1. The van der Waals surface area contributed by atoms with E-state index in [1.54, 1.807) is 17.4 Å². The van der Waals surface area contributed by atoms with Crippen molar-refractivity contribution in [2.75, 3.05) is 17.2 Å². The van der Waals surface area contributed by atoms with Crippen molar-refractivity contribution in [3.05, 3.63) is 66.1 Å². The highest BCUT2D eigenvalue weighted by Gasteiger charge is 2.25. The number of nitrogens with zero attached hydrogens (tertiary/aromatic N) is 3. The molecule has 0 bridgehead atoms. The van der Waals surface area contributed by atoms with E-state index in [-0.39, 0.29) is 12.4 Å². The van der Waals surface area contributed by atoms with Gasteiger partial charge in [0.1, 0.15) is 5.76 Å². The third-order valence-corrected chi connectivity index (χ3v) is 6.52. The number of aromatic nitrogens is 3. The number of amides is 2. The summed E-state index contributed by atoms with van der Waals surface area (Å²) in [5.41, 5.74) is 4.28. The molecular formula is C24H23N5O3S. The van der Waals surface area contributed by atoms with E-state index in [0.717, 1.165) is 21.7 Å². The number of anilines is 2. The Hall–Kier alpha value is -3.69. The second kappa shape index (κ2) is 8.02. The monoisotopic (exact) mass is 461 g/mol. The van der Waals surface area contributed by atoms with E-state index in [0.29, 0.717) is 11.4 Å². The minimum atomic E-state index is -0.577. The van der Waals surface area contributed by atoms with Gasteiger partial charge in [-0.1, -0.05) is 48.5 Å². The Morgan fingerprint density at radius 1 is 1.15 bits per heavy atom. The van der Waals surface area contributed by atoms with E-state index >= 15 is 0 Å². The number of nitrogens with one attached hydrogen (secondary N) is 2. The SMILES string of the molecule is Cc1ccc2c(c1)sc1nc(-c3ccc(NC(=O)Nc4cc(C(C)(C)CO)on4)cc3)cn12. The molecule has 0 radical (unpaired) electrons. The molecule has 0 fully saturated rings.